The lowest BCUT2D eigenvalue weighted by Gasteiger charge is -2.29. The van der Waals surface area contributed by atoms with Gasteiger partial charge in [-0.2, -0.15) is 0 Å². The van der Waals surface area contributed by atoms with Crippen molar-refractivity contribution in [2.45, 2.75) is 58.3 Å². The van der Waals surface area contributed by atoms with Gasteiger partial charge < -0.3 is 24.5 Å². The number of aromatic nitrogens is 1. The fourth-order valence-corrected chi connectivity index (χ4v) is 5.41. The Bertz CT molecular complexity index is 1410. The van der Waals surface area contributed by atoms with Gasteiger partial charge in [-0.05, 0) is 46.6 Å². The van der Waals surface area contributed by atoms with E-state index in [9.17, 15) is 9.90 Å². The van der Waals surface area contributed by atoms with Crippen LogP contribution in [0.1, 0.15) is 49.4 Å². The highest BCUT2D eigenvalue weighted by Crippen LogP contribution is 2.23. The van der Waals surface area contributed by atoms with Crippen molar-refractivity contribution >= 4 is 16.8 Å². The number of benzene rings is 3. The molecule has 44 heavy (non-hydrogen) atoms. The molecule has 1 aromatic heterocycles. The molecule has 7 heteroatoms. The minimum Gasteiger partial charge on any atom is -0.389 e. The standard InChI is InChI=1S/C37H49N3O4/c1-37(2,3)32-17-15-29(16-18-32)24-40(21-19-31-23-38-35-14-9-8-13-34(31)35)36(42)26-39(20-10-22-43-4)25-33(41)28-44-27-30-11-6-5-7-12-30/h5-9,11-18,23,33,38,41H,10,19-22,24-28H2,1-4H3/t33-/m1/s1. The SMILES string of the molecule is COCCCN(CC(=O)N(CCc1c[nH]c2ccccc12)Cc1ccc(C(C)(C)C)cc1)C[C@@H](O)COCc1ccccc1. The topological polar surface area (TPSA) is 78.0 Å². The number of nitrogens with zero attached hydrogens (tertiary/aromatic N) is 2. The van der Waals surface area contributed by atoms with Gasteiger partial charge in [0.25, 0.3) is 0 Å². The van der Waals surface area contributed by atoms with Crippen molar-refractivity contribution in [1.82, 2.24) is 14.8 Å². The van der Waals surface area contributed by atoms with Gasteiger partial charge in [-0.3, -0.25) is 9.69 Å². The molecule has 236 valence electrons. The first-order valence-corrected chi connectivity index (χ1v) is 15.7. The van der Waals surface area contributed by atoms with Gasteiger partial charge >= 0.3 is 0 Å². The summed E-state index contributed by atoms with van der Waals surface area (Å²) < 4.78 is 11.1. The number of para-hydroxylation sites is 1. The molecule has 0 fully saturated rings. The number of hydrogen-bond donors (Lipinski definition) is 2. The summed E-state index contributed by atoms with van der Waals surface area (Å²) in [6.45, 7) is 10.2. The van der Waals surface area contributed by atoms with Crippen molar-refractivity contribution in [2.75, 3.05) is 46.5 Å². The van der Waals surface area contributed by atoms with Crippen LogP contribution in [-0.2, 0) is 39.3 Å². The van der Waals surface area contributed by atoms with Gasteiger partial charge in [0.2, 0.25) is 5.91 Å². The van der Waals surface area contributed by atoms with Gasteiger partial charge in [0.1, 0.15) is 0 Å². The zero-order valence-electron chi connectivity index (χ0n) is 26.8. The minimum absolute atomic E-state index is 0.0413. The third-order valence-corrected chi connectivity index (χ3v) is 7.94. The first-order chi connectivity index (χ1) is 21.2. The summed E-state index contributed by atoms with van der Waals surface area (Å²) in [7, 11) is 1.68. The maximum atomic E-state index is 14.0. The Morgan fingerprint density at radius 2 is 1.66 bits per heavy atom. The van der Waals surface area contributed by atoms with Crippen molar-refractivity contribution in [3.8, 4) is 0 Å². The fraction of sp³-hybridized carbons (Fsp3) is 0.432. The van der Waals surface area contributed by atoms with E-state index in [0.717, 1.165) is 29.5 Å². The van der Waals surface area contributed by atoms with Crippen LogP contribution >= 0.6 is 0 Å². The second kappa shape index (κ2) is 16.5. The predicted octanol–water partition coefficient (Wildman–Crippen LogP) is 5.95. The highest BCUT2D eigenvalue weighted by Gasteiger charge is 2.21. The zero-order chi connectivity index (χ0) is 31.4. The number of nitrogens with one attached hydrogen (secondary N) is 1. The number of amides is 1. The first kappa shape index (κ1) is 33.4. The Labute approximate surface area is 262 Å². The van der Waals surface area contributed by atoms with E-state index in [1.54, 1.807) is 7.11 Å². The normalized spacial score (nSPS) is 12.6. The summed E-state index contributed by atoms with van der Waals surface area (Å²) in [4.78, 5) is 21.3. The number of carbonyl (C=O) groups excluding carboxylic acids is 1. The Hall–Kier alpha value is -3.49. The van der Waals surface area contributed by atoms with Crippen LogP contribution in [0.3, 0.4) is 0 Å². The molecule has 0 bridgehead atoms. The molecule has 2 N–H and O–H groups in total. The van der Waals surface area contributed by atoms with Gasteiger partial charge in [0, 0.05) is 57.0 Å². The number of aliphatic hydroxyl groups excluding tert-OH is 1. The maximum Gasteiger partial charge on any atom is 0.237 e. The lowest BCUT2D eigenvalue weighted by Crippen LogP contribution is -2.44. The van der Waals surface area contributed by atoms with Crippen LogP contribution in [0.5, 0.6) is 0 Å². The number of aliphatic hydroxyl groups is 1. The van der Waals surface area contributed by atoms with Gasteiger partial charge in [0.05, 0.1) is 25.9 Å². The molecule has 0 aliphatic rings. The van der Waals surface area contributed by atoms with E-state index in [1.165, 1.54) is 16.5 Å². The molecular formula is C37H49N3O4. The van der Waals surface area contributed by atoms with Crippen LogP contribution in [-0.4, -0.2) is 78.4 Å². The van der Waals surface area contributed by atoms with E-state index in [1.807, 2.05) is 58.5 Å². The first-order valence-electron chi connectivity index (χ1n) is 15.7. The lowest BCUT2D eigenvalue weighted by atomic mass is 9.87. The third kappa shape index (κ3) is 10.3. The largest absolute Gasteiger partial charge is 0.389 e. The predicted molar refractivity (Wildman–Crippen MR) is 178 cm³/mol. The molecule has 0 aliphatic heterocycles. The van der Waals surface area contributed by atoms with E-state index in [4.69, 9.17) is 9.47 Å². The van der Waals surface area contributed by atoms with Crippen molar-refractivity contribution in [2.24, 2.45) is 0 Å². The molecule has 0 saturated heterocycles. The van der Waals surface area contributed by atoms with Crippen LogP contribution in [0, 0.1) is 0 Å². The lowest BCUT2D eigenvalue weighted by molar-refractivity contribution is -0.133. The number of aromatic amines is 1. The van der Waals surface area contributed by atoms with Gasteiger partial charge in [-0.25, -0.2) is 0 Å². The molecule has 0 spiro atoms. The zero-order valence-corrected chi connectivity index (χ0v) is 26.8. The van der Waals surface area contributed by atoms with Crippen LogP contribution in [0.15, 0.2) is 85.1 Å². The number of fused-ring (bicyclic) bond motifs is 1. The molecule has 1 atom stereocenters. The second-order valence-electron chi connectivity index (χ2n) is 12.6. The highest BCUT2D eigenvalue weighted by atomic mass is 16.5. The summed E-state index contributed by atoms with van der Waals surface area (Å²) in [5, 5.41) is 12.0. The number of ether oxygens (including phenoxy) is 2. The van der Waals surface area contributed by atoms with E-state index in [-0.39, 0.29) is 24.5 Å². The van der Waals surface area contributed by atoms with Gasteiger partial charge in [0.15, 0.2) is 0 Å². The van der Waals surface area contributed by atoms with Crippen molar-refractivity contribution in [1.29, 1.82) is 0 Å². The summed E-state index contributed by atoms with van der Waals surface area (Å²) in [6, 6.07) is 26.8. The molecule has 4 rings (SSSR count). The quantitative estimate of drug-likeness (QED) is 0.147. The maximum absolute atomic E-state index is 14.0. The number of hydrogen-bond acceptors (Lipinski definition) is 5. The van der Waals surface area contributed by atoms with E-state index in [0.29, 0.717) is 39.4 Å². The number of methoxy groups -OCH3 is 1. The number of H-pyrrole nitrogens is 1. The molecular weight excluding hydrogens is 550 g/mol. The Balaban J connectivity index is 1.44. The number of carbonyl (C=O) groups is 1. The smallest absolute Gasteiger partial charge is 0.237 e. The van der Waals surface area contributed by atoms with Crippen molar-refractivity contribution in [3.63, 3.8) is 0 Å². The molecule has 1 heterocycles. The monoisotopic (exact) mass is 599 g/mol. The summed E-state index contributed by atoms with van der Waals surface area (Å²) in [5.74, 6) is 0.0413. The van der Waals surface area contributed by atoms with Gasteiger partial charge in [-0.15, -0.1) is 0 Å². The molecule has 7 nitrogen and oxygen atoms in total. The van der Waals surface area contributed by atoms with Crippen LogP contribution in [0.2, 0.25) is 0 Å². The Kier molecular flexibility index (Phi) is 12.6. The van der Waals surface area contributed by atoms with E-state index in [2.05, 4.69) is 62.2 Å². The molecule has 0 aliphatic carbocycles. The fourth-order valence-electron chi connectivity index (χ4n) is 5.41. The molecule has 1 amide bonds. The summed E-state index contributed by atoms with van der Waals surface area (Å²) in [5.41, 5.74) is 5.80. The van der Waals surface area contributed by atoms with E-state index >= 15 is 0 Å². The van der Waals surface area contributed by atoms with Crippen LogP contribution in [0.25, 0.3) is 10.9 Å². The van der Waals surface area contributed by atoms with Crippen LogP contribution < -0.4 is 0 Å². The highest BCUT2D eigenvalue weighted by molar-refractivity contribution is 5.83. The number of rotatable bonds is 17. The third-order valence-electron chi connectivity index (χ3n) is 7.94. The Morgan fingerprint density at radius 1 is 0.932 bits per heavy atom. The Morgan fingerprint density at radius 3 is 2.39 bits per heavy atom. The summed E-state index contributed by atoms with van der Waals surface area (Å²) in [6.07, 6.45) is 2.85. The molecule has 4 aromatic rings. The van der Waals surface area contributed by atoms with Crippen molar-refractivity contribution in [3.05, 3.63) is 107 Å². The molecule has 0 unspecified atom stereocenters. The summed E-state index contributed by atoms with van der Waals surface area (Å²) >= 11 is 0. The van der Waals surface area contributed by atoms with Crippen LogP contribution in [0.4, 0.5) is 0 Å². The average molecular weight is 600 g/mol. The van der Waals surface area contributed by atoms with Gasteiger partial charge in [-0.1, -0.05) is 93.6 Å². The average Bonchev–Trinajstić information content (AvgIpc) is 3.42. The molecule has 0 saturated carbocycles. The minimum atomic E-state index is -0.710. The molecule has 3 aromatic carbocycles. The molecule has 0 radical (unpaired) electrons. The second-order valence-corrected chi connectivity index (χ2v) is 12.6. The van der Waals surface area contributed by atoms with E-state index < -0.39 is 6.10 Å². The van der Waals surface area contributed by atoms with Crippen molar-refractivity contribution < 1.29 is 19.4 Å².